The van der Waals surface area contributed by atoms with Crippen molar-refractivity contribution in [2.24, 2.45) is 0 Å². The van der Waals surface area contributed by atoms with Crippen molar-refractivity contribution >= 4 is 40.5 Å². The van der Waals surface area contributed by atoms with Crippen LogP contribution in [0.5, 0.6) is 11.5 Å². The molecule has 0 aliphatic carbocycles. The number of nitrogens with one attached hydrogen (secondary N) is 1. The molecule has 0 aromatic heterocycles. The van der Waals surface area contributed by atoms with Gasteiger partial charge >= 0.3 is 5.97 Å². The third-order valence-electron chi connectivity index (χ3n) is 5.02. The van der Waals surface area contributed by atoms with Gasteiger partial charge in [-0.05, 0) is 65.6 Å². The number of carboxylic acid groups (broad SMARTS) is 1. The number of aliphatic carboxylic acids is 1. The Morgan fingerprint density at radius 3 is 2.18 bits per heavy atom. The van der Waals surface area contributed by atoms with Crippen LogP contribution < -0.4 is 10.1 Å². The van der Waals surface area contributed by atoms with E-state index in [4.69, 9.17) is 27.9 Å². The molecule has 0 saturated carbocycles. The molecule has 0 saturated heterocycles. The molecule has 0 heterocycles. The fraction of sp³-hybridized carbons (Fsp3) is 0.0741. The number of rotatable bonds is 8. The summed E-state index contributed by atoms with van der Waals surface area (Å²) in [6, 6.07) is 28.4. The van der Waals surface area contributed by atoms with E-state index < -0.39 is 5.97 Å². The first-order valence-corrected chi connectivity index (χ1v) is 11.1. The Bertz CT molecular complexity index is 1260. The molecule has 0 aliphatic rings. The number of ether oxygens (including phenoxy) is 1. The quantitative estimate of drug-likeness (QED) is 0.272. The molecule has 0 radical (unpaired) electrons. The predicted molar refractivity (Wildman–Crippen MR) is 133 cm³/mol. The summed E-state index contributed by atoms with van der Waals surface area (Å²) >= 11 is 12.5. The van der Waals surface area contributed by atoms with Gasteiger partial charge < -0.3 is 15.2 Å². The number of hydrogen-bond donors (Lipinski definition) is 2. The van der Waals surface area contributed by atoms with Crippen molar-refractivity contribution in [3.8, 4) is 11.5 Å². The zero-order valence-electron chi connectivity index (χ0n) is 17.6. The van der Waals surface area contributed by atoms with Gasteiger partial charge in [-0.15, -0.1) is 0 Å². The number of hydrogen-bond acceptors (Lipinski definition) is 3. The number of carboxylic acids is 1. The smallest absolute Gasteiger partial charge is 0.307 e. The first-order chi connectivity index (χ1) is 16.0. The Hall–Kier alpha value is -3.47. The summed E-state index contributed by atoms with van der Waals surface area (Å²) in [5.74, 6) is 0.599. The Balaban J connectivity index is 1.57. The average Bonchev–Trinajstić information content (AvgIpc) is 2.78. The highest BCUT2D eigenvalue weighted by Crippen LogP contribution is 2.34. The third-order valence-corrected chi connectivity index (χ3v) is 5.65. The Morgan fingerprint density at radius 2 is 1.45 bits per heavy atom. The van der Waals surface area contributed by atoms with Crippen LogP contribution in [0.3, 0.4) is 0 Å². The molecule has 6 heteroatoms. The fourth-order valence-corrected chi connectivity index (χ4v) is 4.01. The molecule has 2 N–H and O–H groups in total. The van der Waals surface area contributed by atoms with Gasteiger partial charge in [0.25, 0.3) is 0 Å². The molecular formula is C27H21Cl2NO3. The van der Waals surface area contributed by atoms with E-state index in [0.717, 1.165) is 22.6 Å². The highest BCUT2D eigenvalue weighted by atomic mass is 35.5. The van der Waals surface area contributed by atoms with Crippen LogP contribution in [-0.4, -0.2) is 11.1 Å². The normalized spacial score (nSPS) is 10.6. The first kappa shape index (κ1) is 22.7. The Morgan fingerprint density at radius 1 is 0.788 bits per heavy atom. The van der Waals surface area contributed by atoms with E-state index in [1.165, 1.54) is 0 Å². The minimum Gasteiger partial charge on any atom is -0.481 e. The Labute approximate surface area is 202 Å². The van der Waals surface area contributed by atoms with Gasteiger partial charge in [-0.2, -0.15) is 0 Å². The molecule has 0 bridgehead atoms. The highest BCUT2D eigenvalue weighted by Gasteiger charge is 2.12. The van der Waals surface area contributed by atoms with Crippen LogP contribution in [0, 0.1) is 0 Å². The molecule has 0 unspecified atom stereocenters. The van der Waals surface area contributed by atoms with Gasteiger partial charge in [0.15, 0.2) is 0 Å². The lowest BCUT2D eigenvalue weighted by atomic mass is 10.00. The van der Waals surface area contributed by atoms with E-state index in [0.29, 0.717) is 33.4 Å². The van der Waals surface area contributed by atoms with E-state index in [1.807, 2.05) is 72.8 Å². The van der Waals surface area contributed by atoms with E-state index >= 15 is 0 Å². The summed E-state index contributed by atoms with van der Waals surface area (Å²) in [5.41, 5.74) is 3.88. The summed E-state index contributed by atoms with van der Waals surface area (Å²) in [6.45, 7) is 0. The monoisotopic (exact) mass is 477 g/mol. The molecular weight excluding hydrogens is 457 g/mol. The van der Waals surface area contributed by atoms with Gasteiger partial charge in [-0.1, -0.05) is 71.7 Å². The maximum Gasteiger partial charge on any atom is 0.307 e. The van der Waals surface area contributed by atoms with Crippen LogP contribution in [0.25, 0.3) is 0 Å². The Kier molecular flexibility index (Phi) is 7.18. The van der Waals surface area contributed by atoms with Crippen LogP contribution >= 0.6 is 23.2 Å². The minimum absolute atomic E-state index is 0.130. The van der Waals surface area contributed by atoms with E-state index in [1.54, 1.807) is 18.2 Å². The SMILES string of the molecule is O=C(O)Cc1cc(Cc2cccc(Oc3ccccc3)c2)ccc1Nc1c(Cl)cccc1Cl. The zero-order valence-corrected chi connectivity index (χ0v) is 19.1. The van der Waals surface area contributed by atoms with Gasteiger partial charge in [0.2, 0.25) is 0 Å². The van der Waals surface area contributed by atoms with Crippen molar-refractivity contribution in [1.29, 1.82) is 0 Å². The molecule has 0 spiro atoms. The van der Waals surface area contributed by atoms with E-state index in [-0.39, 0.29) is 6.42 Å². The van der Waals surface area contributed by atoms with Gasteiger partial charge in [0.05, 0.1) is 22.2 Å². The van der Waals surface area contributed by atoms with Gasteiger partial charge in [-0.25, -0.2) is 0 Å². The summed E-state index contributed by atoms with van der Waals surface area (Å²) in [4.78, 5) is 11.5. The zero-order chi connectivity index (χ0) is 23.2. The number of halogens is 2. The summed E-state index contributed by atoms with van der Waals surface area (Å²) in [6.07, 6.45) is 0.501. The molecule has 0 fully saturated rings. The van der Waals surface area contributed by atoms with Gasteiger partial charge in [0.1, 0.15) is 11.5 Å². The number of carbonyl (C=O) groups is 1. The summed E-state index contributed by atoms with van der Waals surface area (Å²) in [5, 5.41) is 13.5. The number of anilines is 2. The maximum atomic E-state index is 11.5. The van der Waals surface area contributed by atoms with Crippen molar-refractivity contribution in [3.63, 3.8) is 0 Å². The average molecular weight is 478 g/mol. The van der Waals surface area contributed by atoms with Crippen LogP contribution in [0.15, 0.2) is 91.0 Å². The molecule has 4 aromatic carbocycles. The highest BCUT2D eigenvalue weighted by molar-refractivity contribution is 6.39. The van der Waals surface area contributed by atoms with Crippen molar-refractivity contribution in [1.82, 2.24) is 0 Å². The molecule has 0 amide bonds. The molecule has 0 atom stereocenters. The molecule has 4 rings (SSSR count). The number of benzene rings is 4. The lowest BCUT2D eigenvalue weighted by Gasteiger charge is -2.15. The second-order valence-electron chi connectivity index (χ2n) is 7.52. The summed E-state index contributed by atoms with van der Waals surface area (Å²) in [7, 11) is 0. The minimum atomic E-state index is -0.918. The van der Waals surface area contributed by atoms with E-state index in [9.17, 15) is 9.90 Å². The molecule has 0 aliphatic heterocycles. The standard InChI is InChI=1S/C27H21Cl2NO3/c28-23-10-5-11-24(29)27(23)30-25-13-12-19(15-20(25)17-26(31)32)14-18-6-4-9-22(16-18)33-21-7-2-1-3-8-21/h1-13,15-16,30H,14,17H2,(H,31,32). The van der Waals surface area contributed by atoms with Crippen molar-refractivity contribution < 1.29 is 14.6 Å². The summed E-state index contributed by atoms with van der Waals surface area (Å²) < 4.78 is 5.93. The molecule has 4 aromatic rings. The predicted octanol–water partition coefficient (Wildman–Crippen LogP) is 7.75. The largest absolute Gasteiger partial charge is 0.481 e. The maximum absolute atomic E-state index is 11.5. The van der Waals surface area contributed by atoms with Crippen LogP contribution in [-0.2, 0) is 17.6 Å². The molecule has 4 nitrogen and oxygen atoms in total. The fourth-order valence-electron chi connectivity index (χ4n) is 3.52. The first-order valence-electron chi connectivity index (χ1n) is 10.3. The lowest BCUT2D eigenvalue weighted by molar-refractivity contribution is -0.136. The number of para-hydroxylation sites is 2. The topological polar surface area (TPSA) is 58.6 Å². The third kappa shape index (κ3) is 6.07. The lowest BCUT2D eigenvalue weighted by Crippen LogP contribution is -2.05. The van der Waals surface area contributed by atoms with Crippen LogP contribution in [0.1, 0.15) is 16.7 Å². The van der Waals surface area contributed by atoms with Gasteiger partial charge in [-0.3, -0.25) is 4.79 Å². The van der Waals surface area contributed by atoms with Gasteiger partial charge in [0, 0.05) is 5.69 Å². The molecule has 33 heavy (non-hydrogen) atoms. The van der Waals surface area contributed by atoms with Crippen LogP contribution in [0.2, 0.25) is 10.0 Å². The second-order valence-corrected chi connectivity index (χ2v) is 8.34. The van der Waals surface area contributed by atoms with E-state index in [2.05, 4.69) is 5.32 Å². The van der Waals surface area contributed by atoms with Crippen molar-refractivity contribution in [2.45, 2.75) is 12.8 Å². The van der Waals surface area contributed by atoms with Crippen molar-refractivity contribution in [3.05, 3.63) is 118 Å². The van der Waals surface area contributed by atoms with Crippen LogP contribution in [0.4, 0.5) is 11.4 Å². The molecule has 166 valence electrons. The van der Waals surface area contributed by atoms with Crippen molar-refractivity contribution in [2.75, 3.05) is 5.32 Å². The second kappa shape index (κ2) is 10.4.